The molecule has 0 spiro atoms. The van der Waals surface area contributed by atoms with E-state index in [1.165, 1.54) is 0 Å². The van der Waals surface area contributed by atoms with Crippen molar-refractivity contribution in [3.8, 4) is 5.75 Å². The Labute approximate surface area is 107 Å². The standard InChI is InChI=1S/C13H18N2O3/c1-14-11-2-4-12(5-3-11)18-10-13(16)15-6-8-17-9-7-15/h2-5,14H,6-10H2,1H3. The lowest BCUT2D eigenvalue weighted by atomic mass is 10.3. The molecule has 98 valence electrons. The molecule has 0 atom stereocenters. The predicted octanol–water partition coefficient (Wildman–Crippen LogP) is 0.966. The monoisotopic (exact) mass is 250 g/mol. The second-order valence-corrected chi connectivity index (χ2v) is 4.06. The first-order valence-corrected chi connectivity index (χ1v) is 6.06. The van der Waals surface area contributed by atoms with Crippen LogP contribution in [0.5, 0.6) is 5.75 Å². The number of anilines is 1. The summed E-state index contributed by atoms with van der Waals surface area (Å²) in [5.41, 5.74) is 1.02. The van der Waals surface area contributed by atoms with E-state index in [0.717, 1.165) is 5.69 Å². The highest BCUT2D eigenvalue weighted by Crippen LogP contribution is 2.15. The summed E-state index contributed by atoms with van der Waals surface area (Å²) in [5.74, 6) is 0.714. The number of carbonyl (C=O) groups excluding carboxylic acids is 1. The molecule has 5 heteroatoms. The molecule has 1 aromatic rings. The Morgan fingerprint density at radius 3 is 2.61 bits per heavy atom. The SMILES string of the molecule is CNc1ccc(OCC(=O)N2CCOCC2)cc1. The lowest BCUT2D eigenvalue weighted by Gasteiger charge is -2.26. The van der Waals surface area contributed by atoms with E-state index < -0.39 is 0 Å². The Bertz CT molecular complexity index is 386. The maximum Gasteiger partial charge on any atom is 0.260 e. The summed E-state index contributed by atoms with van der Waals surface area (Å²) in [6.07, 6.45) is 0. The summed E-state index contributed by atoms with van der Waals surface area (Å²) >= 11 is 0. The number of hydrogen-bond acceptors (Lipinski definition) is 4. The summed E-state index contributed by atoms with van der Waals surface area (Å²) in [6, 6.07) is 7.51. The zero-order valence-corrected chi connectivity index (χ0v) is 10.5. The molecule has 1 aliphatic rings. The zero-order chi connectivity index (χ0) is 12.8. The molecule has 1 fully saturated rings. The van der Waals surface area contributed by atoms with Crippen molar-refractivity contribution in [2.45, 2.75) is 0 Å². The number of hydrogen-bond donors (Lipinski definition) is 1. The quantitative estimate of drug-likeness (QED) is 0.865. The molecule has 1 aromatic carbocycles. The zero-order valence-electron chi connectivity index (χ0n) is 10.5. The van der Waals surface area contributed by atoms with Crippen LogP contribution in [0.3, 0.4) is 0 Å². The molecule has 18 heavy (non-hydrogen) atoms. The molecule has 0 unspecified atom stereocenters. The first kappa shape index (κ1) is 12.7. The van der Waals surface area contributed by atoms with Gasteiger partial charge in [0.25, 0.3) is 5.91 Å². The lowest BCUT2D eigenvalue weighted by Crippen LogP contribution is -2.42. The van der Waals surface area contributed by atoms with Crippen LogP contribution in [-0.2, 0) is 9.53 Å². The van der Waals surface area contributed by atoms with Crippen LogP contribution in [-0.4, -0.2) is 50.8 Å². The molecule has 0 aliphatic carbocycles. The van der Waals surface area contributed by atoms with Crippen molar-refractivity contribution in [2.75, 3.05) is 45.3 Å². The number of nitrogens with zero attached hydrogens (tertiary/aromatic N) is 1. The van der Waals surface area contributed by atoms with Gasteiger partial charge < -0.3 is 19.7 Å². The summed E-state index contributed by atoms with van der Waals surface area (Å²) < 4.78 is 10.7. The number of carbonyl (C=O) groups is 1. The van der Waals surface area contributed by atoms with E-state index >= 15 is 0 Å². The van der Waals surface area contributed by atoms with Crippen LogP contribution in [0.15, 0.2) is 24.3 Å². The van der Waals surface area contributed by atoms with E-state index in [1.807, 2.05) is 31.3 Å². The number of ether oxygens (including phenoxy) is 2. The average Bonchev–Trinajstić information content (AvgIpc) is 2.46. The van der Waals surface area contributed by atoms with Crippen molar-refractivity contribution in [3.05, 3.63) is 24.3 Å². The number of rotatable bonds is 4. The maximum atomic E-state index is 11.8. The van der Waals surface area contributed by atoms with Crippen molar-refractivity contribution >= 4 is 11.6 Å². The fraction of sp³-hybridized carbons (Fsp3) is 0.462. The highest BCUT2D eigenvalue weighted by Gasteiger charge is 2.16. The van der Waals surface area contributed by atoms with Crippen LogP contribution in [0.1, 0.15) is 0 Å². The van der Waals surface area contributed by atoms with Gasteiger partial charge in [-0.3, -0.25) is 4.79 Å². The average molecular weight is 250 g/mol. The van der Waals surface area contributed by atoms with Gasteiger partial charge in [0.15, 0.2) is 6.61 Å². The molecular formula is C13H18N2O3. The van der Waals surface area contributed by atoms with Gasteiger partial charge in [-0.15, -0.1) is 0 Å². The van der Waals surface area contributed by atoms with Crippen molar-refractivity contribution in [3.63, 3.8) is 0 Å². The van der Waals surface area contributed by atoms with Gasteiger partial charge in [-0.25, -0.2) is 0 Å². The van der Waals surface area contributed by atoms with Gasteiger partial charge >= 0.3 is 0 Å². The minimum atomic E-state index is 0.0102. The van der Waals surface area contributed by atoms with Gasteiger partial charge in [0.2, 0.25) is 0 Å². The van der Waals surface area contributed by atoms with Gasteiger partial charge in [-0.05, 0) is 24.3 Å². The molecule has 1 N–H and O–H groups in total. The second-order valence-electron chi connectivity index (χ2n) is 4.06. The molecule has 1 heterocycles. The summed E-state index contributed by atoms with van der Waals surface area (Å²) in [5, 5.41) is 3.03. The van der Waals surface area contributed by atoms with E-state index in [2.05, 4.69) is 5.32 Å². The van der Waals surface area contributed by atoms with Crippen LogP contribution in [0.4, 0.5) is 5.69 Å². The molecule has 1 saturated heterocycles. The normalized spacial score (nSPS) is 15.3. The molecule has 1 aliphatic heterocycles. The Morgan fingerprint density at radius 1 is 1.33 bits per heavy atom. The summed E-state index contributed by atoms with van der Waals surface area (Å²) in [7, 11) is 1.86. The van der Waals surface area contributed by atoms with Gasteiger partial charge in [0.1, 0.15) is 5.75 Å². The number of nitrogens with one attached hydrogen (secondary N) is 1. The van der Waals surface area contributed by atoms with Gasteiger partial charge in [-0.2, -0.15) is 0 Å². The molecule has 2 rings (SSSR count). The summed E-state index contributed by atoms with van der Waals surface area (Å²) in [4.78, 5) is 13.6. The maximum absolute atomic E-state index is 11.8. The molecule has 5 nitrogen and oxygen atoms in total. The van der Waals surface area contributed by atoms with Crippen LogP contribution < -0.4 is 10.1 Å². The van der Waals surface area contributed by atoms with Crippen LogP contribution >= 0.6 is 0 Å². The molecule has 1 amide bonds. The molecule has 0 saturated carbocycles. The molecule has 0 bridgehead atoms. The third-order valence-corrected chi connectivity index (χ3v) is 2.87. The highest BCUT2D eigenvalue weighted by atomic mass is 16.5. The van der Waals surface area contributed by atoms with E-state index in [-0.39, 0.29) is 12.5 Å². The minimum Gasteiger partial charge on any atom is -0.484 e. The van der Waals surface area contributed by atoms with E-state index in [0.29, 0.717) is 32.1 Å². The fourth-order valence-corrected chi connectivity index (χ4v) is 1.77. The number of morpholine rings is 1. The Hall–Kier alpha value is -1.75. The van der Waals surface area contributed by atoms with Crippen LogP contribution in [0.2, 0.25) is 0 Å². The largest absolute Gasteiger partial charge is 0.484 e. The first-order valence-electron chi connectivity index (χ1n) is 6.06. The Balaban J connectivity index is 1.80. The third kappa shape index (κ3) is 3.37. The van der Waals surface area contributed by atoms with Gasteiger partial charge in [0.05, 0.1) is 13.2 Å². The summed E-state index contributed by atoms with van der Waals surface area (Å²) in [6.45, 7) is 2.62. The first-order chi connectivity index (χ1) is 8.79. The van der Waals surface area contributed by atoms with Gasteiger partial charge in [-0.1, -0.05) is 0 Å². The molecular weight excluding hydrogens is 232 g/mol. The number of amides is 1. The van der Waals surface area contributed by atoms with E-state index in [1.54, 1.807) is 4.90 Å². The lowest BCUT2D eigenvalue weighted by molar-refractivity contribution is -0.137. The fourth-order valence-electron chi connectivity index (χ4n) is 1.77. The van der Waals surface area contributed by atoms with Crippen molar-refractivity contribution in [1.29, 1.82) is 0 Å². The number of benzene rings is 1. The van der Waals surface area contributed by atoms with Gasteiger partial charge in [0, 0.05) is 25.8 Å². The van der Waals surface area contributed by atoms with Crippen molar-refractivity contribution in [1.82, 2.24) is 4.90 Å². The second kappa shape index (κ2) is 6.26. The van der Waals surface area contributed by atoms with E-state index in [9.17, 15) is 4.79 Å². The van der Waals surface area contributed by atoms with Crippen molar-refractivity contribution in [2.24, 2.45) is 0 Å². The third-order valence-electron chi connectivity index (χ3n) is 2.87. The topological polar surface area (TPSA) is 50.8 Å². The van der Waals surface area contributed by atoms with Crippen LogP contribution in [0, 0.1) is 0 Å². The molecule has 0 aromatic heterocycles. The highest BCUT2D eigenvalue weighted by molar-refractivity contribution is 5.77. The minimum absolute atomic E-state index is 0.0102. The smallest absolute Gasteiger partial charge is 0.260 e. The van der Waals surface area contributed by atoms with E-state index in [4.69, 9.17) is 9.47 Å². The predicted molar refractivity (Wildman–Crippen MR) is 68.9 cm³/mol. The van der Waals surface area contributed by atoms with Crippen LogP contribution in [0.25, 0.3) is 0 Å². The molecule has 0 radical (unpaired) electrons. The Kier molecular flexibility index (Phi) is 4.41. The van der Waals surface area contributed by atoms with Crippen molar-refractivity contribution < 1.29 is 14.3 Å². The Morgan fingerprint density at radius 2 is 2.00 bits per heavy atom.